The normalized spacial score (nSPS) is 22.1. The molecule has 1 atom stereocenters. The molecule has 8 heteroatoms. The molecular formula is C28H36N4O4. The Morgan fingerprint density at radius 2 is 1.69 bits per heavy atom. The SMILES string of the molecule is COc1cccc(C(=O)N2CCCN(C(=O)CCc3ccccc3)C2C(=O)NC2CCC(N)CC2)c1. The molecular weight excluding hydrogens is 456 g/mol. The zero-order valence-corrected chi connectivity index (χ0v) is 20.9. The van der Waals surface area contributed by atoms with Crippen LogP contribution in [0.4, 0.5) is 0 Å². The Balaban J connectivity index is 1.55. The Labute approximate surface area is 212 Å². The Morgan fingerprint density at radius 3 is 2.42 bits per heavy atom. The topological polar surface area (TPSA) is 105 Å². The highest BCUT2D eigenvalue weighted by Gasteiger charge is 2.41. The van der Waals surface area contributed by atoms with Gasteiger partial charge in [-0.1, -0.05) is 36.4 Å². The van der Waals surface area contributed by atoms with Crippen LogP contribution in [0.25, 0.3) is 0 Å². The molecule has 0 spiro atoms. The summed E-state index contributed by atoms with van der Waals surface area (Å²) >= 11 is 0. The number of hydrogen-bond acceptors (Lipinski definition) is 5. The third-order valence-electron chi connectivity index (χ3n) is 7.11. The Kier molecular flexibility index (Phi) is 8.59. The molecule has 1 aliphatic carbocycles. The van der Waals surface area contributed by atoms with E-state index < -0.39 is 6.17 Å². The molecule has 2 aromatic rings. The summed E-state index contributed by atoms with van der Waals surface area (Å²) in [5.74, 6) is -0.166. The molecule has 192 valence electrons. The zero-order chi connectivity index (χ0) is 25.5. The average Bonchev–Trinajstić information content (AvgIpc) is 2.92. The van der Waals surface area contributed by atoms with Crippen molar-refractivity contribution >= 4 is 17.7 Å². The standard InChI is InChI=1S/C28H36N4O4/c1-36-24-10-5-9-21(19-24)28(35)32-18-6-17-31(25(33)16-11-20-7-3-2-4-8-20)27(32)26(34)30-23-14-12-22(29)13-15-23/h2-5,7-10,19,22-23,27H,6,11-18,29H2,1H3,(H,30,34). The van der Waals surface area contributed by atoms with E-state index in [-0.39, 0.29) is 36.2 Å². The largest absolute Gasteiger partial charge is 0.497 e. The fraction of sp³-hybridized carbons (Fsp3) is 0.464. The molecule has 0 bridgehead atoms. The van der Waals surface area contributed by atoms with Crippen molar-refractivity contribution in [2.24, 2.45) is 5.73 Å². The van der Waals surface area contributed by atoms with E-state index in [2.05, 4.69) is 5.32 Å². The Morgan fingerprint density at radius 1 is 0.972 bits per heavy atom. The van der Waals surface area contributed by atoms with E-state index >= 15 is 0 Å². The fourth-order valence-electron chi connectivity index (χ4n) is 5.08. The van der Waals surface area contributed by atoms with Gasteiger partial charge in [0.15, 0.2) is 6.17 Å². The molecule has 1 saturated carbocycles. The number of ether oxygens (including phenoxy) is 1. The first-order valence-electron chi connectivity index (χ1n) is 12.8. The van der Waals surface area contributed by atoms with Crippen molar-refractivity contribution in [3.8, 4) is 5.75 Å². The minimum atomic E-state index is -0.990. The van der Waals surface area contributed by atoms with Gasteiger partial charge in [0.2, 0.25) is 5.91 Å². The average molecular weight is 493 g/mol. The second kappa shape index (κ2) is 12.0. The lowest BCUT2D eigenvalue weighted by Gasteiger charge is -2.43. The van der Waals surface area contributed by atoms with Crippen LogP contribution >= 0.6 is 0 Å². The Hall–Kier alpha value is -3.39. The first-order chi connectivity index (χ1) is 17.5. The number of nitrogens with two attached hydrogens (primary N) is 1. The molecule has 1 aliphatic heterocycles. The van der Waals surface area contributed by atoms with Gasteiger partial charge in [0.05, 0.1) is 7.11 Å². The van der Waals surface area contributed by atoms with Crippen molar-refractivity contribution in [2.75, 3.05) is 20.2 Å². The van der Waals surface area contributed by atoms with Crippen molar-refractivity contribution in [2.45, 2.75) is 63.2 Å². The summed E-state index contributed by atoms with van der Waals surface area (Å²) in [6, 6.07) is 16.8. The van der Waals surface area contributed by atoms with E-state index in [9.17, 15) is 14.4 Å². The molecule has 8 nitrogen and oxygen atoms in total. The number of carbonyl (C=O) groups is 3. The summed E-state index contributed by atoms with van der Waals surface area (Å²) in [6.07, 6.45) is 3.76. The van der Waals surface area contributed by atoms with Crippen molar-refractivity contribution in [1.82, 2.24) is 15.1 Å². The van der Waals surface area contributed by atoms with Crippen molar-refractivity contribution in [3.63, 3.8) is 0 Å². The molecule has 36 heavy (non-hydrogen) atoms. The van der Waals surface area contributed by atoms with Crippen LogP contribution in [0.1, 0.15) is 54.4 Å². The summed E-state index contributed by atoms with van der Waals surface area (Å²) in [6.45, 7) is 0.829. The lowest BCUT2D eigenvalue weighted by molar-refractivity contribution is -0.149. The van der Waals surface area contributed by atoms with Gasteiger partial charge in [-0.15, -0.1) is 0 Å². The van der Waals surface area contributed by atoms with Gasteiger partial charge in [-0.3, -0.25) is 14.4 Å². The van der Waals surface area contributed by atoms with Gasteiger partial charge in [-0.05, 0) is 62.3 Å². The molecule has 2 aromatic carbocycles. The summed E-state index contributed by atoms with van der Waals surface area (Å²) < 4.78 is 5.28. The number of carbonyl (C=O) groups excluding carboxylic acids is 3. The molecule has 1 unspecified atom stereocenters. The summed E-state index contributed by atoms with van der Waals surface area (Å²) in [5.41, 5.74) is 7.52. The summed E-state index contributed by atoms with van der Waals surface area (Å²) in [4.78, 5) is 43.8. The van der Waals surface area contributed by atoms with Gasteiger partial charge in [0.1, 0.15) is 5.75 Å². The van der Waals surface area contributed by atoms with E-state index in [0.717, 1.165) is 31.2 Å². The monoisotopic (exact) mass is 492 g/mol. The number of rotatable bonds is 7. The number of nitrogens with one attached hydrogen (secondary N) is 1. The van der Waals surface area contributed by atoms with Crippen LogP contribution in [0.3, 0.4) is 0 Å². The molecule has 4 rings (SSSR count). The first kappa shape index (κ1) is 25.7. The predicted molar refractivity (Wildman–Crippen MR) is 137 cm³/mol. The second-order valence-corrected chi connectivity index (χ2v) is 9.65. The van der Waals surface area contributed by atoms with Gasteiger partial charge >= 0.3 is 0 Å². The van der Waals surface area contributed by atoms with E-state index in [0.29, 0.717) is 37.2 Å². The molecule has 0 aromatic heterocycles. The lowest BCUT2D eigenvalue weighted by Crippen LogP contribution is -2.64. The molecule has 1 heterocycles. The van der Waals surface area contributed by atoms with Gasteiger partial charge in [0.25, 0.3) is 11.8 Å². The maximum Gasteiger partial charge on any atom is 0.264 e. The minimum Gasteiger partial charge on any atom is -0.497 e. The van der Waals surface area contributed by atoms with Crippen LogP contribution in [0.5, 0.6) is 5.75 Å². The number of hydrogen-bond donors (Lipinski definition) is 2. The molecule has 2 aliphatic rings. The van der Waals surface area contributed by atoms with Crippen LogP contribution in [-0.2, 0) is 16.0 Å². The quantitative estimate of drug-likeness (QED) is 0.618. The van der Waals surface area contributed by atoms with E-state index in [1.807, 2.05) is 30.3 Å². The summed E-state index contributed by atoms with van der Waals surface area (Å²) in [5, 5.41) is 3.12. The molecule has 3 N–H and O–H groups in total. The third kappa shape index (κ3) is 6.23. The highest BCUT2D eigenvalue weighted by atomic mass is 16.5. The second-order valence-electron chi connectivity index (χ2n) is 9.65. The Bertz CT molecular complexity index is 1050. The number of amides is 3. The zero-order valence-electron chi connectivity index (χ0n) is 20.9. The van der Waals surface area contributed by atoms with Crippen LogP contribution in [-0.4, -0.2) is 66.0 Å². The smallest absolute Gasteiger partial charge is 0.264 e. The molecule has 3 amide bonds. The highest BCUT2D eigenvalue weighted by molar-refractivity contribution is 5.99. The third-order valence-corrected chi connectivity index (χ3v) is 7.11. The maximum atomic E-state index is 13.7. The van der Waals surface area contributed by atoms with Gasteiger partial charge in [-0.25, -0.2) is 0 Å². The van der Waals surface area contributed by atoms with Crippen LogP contribution < -0.4 is 15.8 Å². The van der Waals surface area contributed by atoms with Crippen molar-refractivity contribution in [1.29, 1.82) is 0 Å². The van der Waals surface area contributed by atoms with E-state index in [1.54, 1.807) is 36.3 Å². The summed E-state index contributed by atoms with van der Waals surface area (Å²) in [7, 11) is 1.55. The predicted octanol–water partition coefficient (Wildman–Crippen LogP) is 2.71. The lowest BCUT2D eigenvalue weighted by atomic mass is 9.91. The number of nitrogens with zero attached hydrogens (tertiary/aromatic N) is 2. The van der Waals surface area contributed by atoms with Crippen LogP contribution in [0, 0.1) is 0 Å². The van der Waals surface area contributed by atoms with Crippen LogP contribution in [0.2, 0.25) is 0 Å². The van der Waals surface area contributed by atoms with Crippen molar-refractivity contribution < 1.29 is 19.1 Å². The van der Waals surface area contributed by atoms with Gasteiger partial charge < -0.3 is 25.6 Å². The number of methoxy groups -OCH3 is 1. The van der Waals surface area contributed by atoms with E-state index in [4.69, 9.17) is 10.5 Å². The van der Waals surface area contributed by atoms with E-state index in [1.165, 1.54) is 4.90 Å². The minimum absolute atomic E-state index is 0.00531. The number of aryl methyl sites for hydroxylation is 1. The maximum absolute atomic E-state index is 13.7. The van der Waals surface area contributed by atoms with Crippen LogP contribution in [0.15, 0.2) is 54.6 Å². The van der Waals surface area contributed by atoms with Gasteiger partial charge in [-0.2, -0.15) is 0 Å². The molecule has 0 radical (unpaired) electrons. The molecule has 2 fully saturated rings. The first-order valence-corrected chi connectivity index (χ1v) is 12.8. The number of benzene rings is 2. The highest BCUT2D eigenvalue weighted by Crippen LogP contribution is 2.23. The van der Waals surface area contributed by atoms with Gasteiger partial charge in [0, 0.05) is 37.2 Å². The fourth-order valence-corrected chi connectivity index (χ4v) is 5.08. The van der Waals surface area contributed by atoms with Crippen molar-refractivity contribution in [3.05, 3.63) is 65.7 Å². The molecule has 1 saturated heterocycles.